The molecule has 0 saturated heterocycles. The Morgan fingerprint density at radius 3 is 2.68 bits per heavy atom. The predicted molar refractivity (Wildman–Crippen MR) is 75.1 cm³/mol. The third kappa shape index (κ3) is 3.31. The smallest absolute Gasteiger partial charge is 0.140 e. The van der Waals surface area contributed by atoms with Crippen molar-refractivity contribution in [3.8, 4) is 12.1 Å². The second-order valence-corrected chi connectivity index (χ2v) is 4.68. The molecule has 1 N–H and O–H groups in total. The van der Waals surface area contributed by atoms with Crippen molar-refractivity contribution in [2.45, 2.75) is 6.54 Å². The second-order valence-electron chi connectivity index (χ2n) is 3.82. The van der Waals surface area contributed by atoms with Crippen LogP contribution in [-0.4, -0.2) is 4.98 Å². The first-order valence-corrected chi connectivity index (χ1v) is 6.31. The van der Waals surface area contributed by atoms with Gasteiger partial charge in [-0.2, -0.15) is 10.5 Å². The summed E-state index contributed by atoms with van der Waals surface area (Å²) in [6.45, 7) is 0.585. The average molecular weight is 313 g/mol. The number of nitrogens with one attached hydrogen (secondary N) is 1. The molecular formula is C14H9BrN4. The molecule has 2 aromatic rings. The first-order chi connectivity index (χ1) is 9.22. The minimum atomic E-state index is 0.401. The molecule has 19 heavy (non-hydrogen) atoms. The maximum absolute atomic E-state index is 8.79. The van der Waals surface area contributed by atoms with Gasteiger partial charge in [-0.1, -0.05) is 0 Å². The van der Waals surface area contributed by atoms with Crippen molar-refractivity contribution in [3.05, 3.63) is 57.8 Å². The van der Waals surface area contributed by atoms with Gasteiger partial charge in [-0.25, -0.2) is 4.98 Å². The Balaban J connectivity index is 2.11. The largest absolute Gasteiger partial charge is 0.380 e. The first kappa shape index (κ1) is 13.1. The van der Waals surface area contributed by atoms with Gasteiger partial charge in [-0.3, -0.25) is 0 Å². The van der Waals surface area contributed by atoms with E-state index in [1.165, 1.54) is 0 Å². The van der Waals surface area contributed by atoms with Gasteiger partial charge >= 0.3 is 0 Å². The monoisotopic (exact) mass is 312 g/mol. The van der Waals surface area contributed by atoms with Gasteiger partial charge in [0.05, 0.1) is 11.6 Å². The molecule has 0 unspecified atom stereocenters. The molecule has 0 aliphatic heterocycles. The molecule has 0 saturated carbocycles. The molecule has 0 radical (unpaired) electrons. The number of halogens is 1. The Kier molecular flexibility index (Phi) is 4.12. The van der Waals surface area contributed by atoms with Gasteiger partial charge in [0.15, 0.2) is 0 Å². The fourth-order valence-corrected chi connectivity index (χ4v) is 2.09. The lowest BCUT2D eigenvalue weighted by molar-refractivity contribution is 1.11. The topological polar surface area (TPSA) is 72.5 Å². The summed E-state index contributed by atoms with van der Waals surface area (Å²) in [6.07, 6.45) is 1.61. The van der Waals surface area contributed by atoms with E-state index in [4.69, 9.17) is 10.5 Å². The first-order valence-electron chi connectivity index (χ1n) is 5.51. The van der Waals surface area contributed by atoms with Gasteiger partial charge < -0.3 is 5.32 Å². The number of anilines is 1. The normalized spacial score (nSPS) is 9.42. The SMILES string of the molecule is N#Cc1ccc(NCc2ccnc(C#N)c2)c(Br)c1. The fourth-order valence-electron chi connectivity index (χ4n) is 1.57. The van der Waals surface area contributed by atoms with Crippen molar-refractivity contribution in [2.75, 3.05) is 5.32 Å². The average Bonchev–Trinajstić information content (AvgIpc) is 2.46. The molecule has 1 aromatic carbocycles. The van der Waals surface area contributed by atoms with Crippen molar-refractivity contribution in [1.29, 1.82) is 10.5 Å². The minimum Gasteiger partial charge on any atom is -0.380 e. The standard InChI is InChI=1S/C14H9BrN4/c15-13-6-10(7-16)1-2-14(13)19-9-11-3-4-18-12(5-11)8-17/h1-6,19H,9H2. The molecule has 0 bridgehead atoms. The zero-order valence-electron chi connectivity index (χ0n) is 9.89. The van der Waals surface area contributed by atoms with E-state index in [0.717, 1.165) is 15.7 Å². The number of hydrogen-bond donors (Lipinski definition) is 1. The molecule has 1 aromatic heterocycles. The Morgan fingerprint density at radius 2 is 2.00 bits per heavy atom. The summed E-state index contributed by atoms with van der Waals surface area (Å²) in [6, 6.07) is 13.0. The predicted octanol–water partition coefficient (Wildman–Crippen LogP) is 3.20. The maximum atomic E-state index is 8.79. The van der Waals surface area contributed by atoms with Gasteiger partial charge in [-0.05, 0) is 51.8 Å². The van der Waals surface area contributed by atoms with E-state index in [0.29, 0.717) is 17.8 Å². The molecule has 0 spiro atoms. The van der Waals surface area contributed by atoms with Gasteiger partial charge in [-0.15, -0.1) is 0 Å². The summed E-state index contributed by atoms with van der Waals surface area (Å²) >= 11 is 3.41. The van der Waals surface area contributed by atoms with Crippen molar-refractivity contribution in [3.63, 3.8) is 0 Å². The Morgan fingerprint density at radius 1 is 1.16 bits per heavy atom. The van der Waals surface area contributed by atoms with Crippen LogP contribution >= 0.6 is 15.9 Å². The Hall–Kier alpha value is -2.37. The Bertz CT molecular complexity index is 683. The van der Waals surface area contributed by atoms with Crippen LogP contribution in [0.25, 0.3) is 0 Å². The van der Waals surface area contributed by atoms with E-state index >= 15 is 0 Å². The molecule has 0 aliphatic rings. The fraction of sp³-hybridized carbons (Fsp3) is 0.0714. The summed E-state index contributed by atoms with van der Waals surface area (Å²) in [5, 5.41) is 20.8. The lowest BCUT2D eigenvalue weighted by atomic mass is 10.2. The zero-order chi connectivity index (χ0) is 13.7. The highest BCUT2D eigenvalue weighted by Crippen LogP contribution is 2.23. The van der Waals surface area contributed by atoms with Crippen molar-refractivity contribution in [2.24, 2.45) is 0 Å². The van der Waals surface area contributed by atoms with E-state index in [1.54, 1.807) is 24.4 Å². The van der Waals surface area contributed by atoms with E-state index in [1.807, 2.05) is 18.2 Å². The molecule has 2 rings (SSSR count). The molecule has 0 aliphatic carbocycles. The van der Waals surface area contributed by atoms with Crippen LogP contribution in [0.1, 0.15) is 16.8 Å². The van der Waals surface area contributed by atoms with Crippen molar-refractivity contribution in [1.82, 2.24) is 4.98 Å². The van der Waals surface area contributed by atoms with Crippen LogP contribution in [-0.2, 0) is 6.54 Å². The van der Waals surface area contributed by atoms with Gasteiger partial charge in [0, 0.05) is 22.9 Å². The number of rotatable bonds is 3. The highest BCUT2D eigenvalue weighted by molar-refractivity contribution is 9.10. The highest BCUT2D eigenvalue weighted by atomic mass is 79.9. The molecular weight excluding hydrogens is 304 g/mol. The number of hydrogen-bond acceptors (Lipinski definition) is 4. The summed E-state index contributed by atoms with van der Waals surface area (Å²) < 4.78 is 0.834. The van der Waals surface area contributed by atoms with Crippen LogP contribution in [0.5, 0.6) is 0 Å². The molecule has 0 fully saturated rings. The molecule has 4 nitrogen and oxygen atoms in total. The number of nitrogens with zero attached hydrogens (tertiary/aromatic N) is 3. The van der Waals surface area contributed by atoms with Gasteiger partial charge in [0.2, 0.25) is 0 Å². The summed E-state index contributed by atoms with van der Waals surface area (Å²) in [7, 11) is 0. The number of benzene rings is 1. The van der Waals surface area contributed by atoms with Crippen LogP contribution in [0.3, 0.4) is 0 Å². The van der Waals surface area contributed by atoms with Crippen LogP contribution in [0.15, 0.2) is 41.0 Å². The molecule has 5 heteroatoms. The molecule has 92 valence electrons. The summed E-state index contributed by atoms with van der Waals surface area (Å²) in [5.74, 6) is 0. The van der Waals surface area contributed by atoms with Gasteiger partial charge in [0.1, 0.15) is 11.8 Å². The van der Waals surface area contributed by atoms with Crippen LogP contribution in [0.2, 0.25) is 0 Å². The minimum absolute atomic E-state index is 0.401. The number of pyridine rings is 1. The van der Waals surface area contributed by atoms with E-state index in [2.05, 4.69) is 32.3 Å². The summed E-state index contributed by atoms with van der Waals surface area (Å²) in [5.41, 5.74) is 2.88. The van der Waals surface area contributed by atoms with Crippen molar-refractivity contribution >= 4 is 21.6 Å². The highest BCUT2D eigenvalue weighted by Gasteiger charge is 2.02. The van der Waals surface area contributed by atoms with E-state index in [-0.39, 0.29) is 0 Å². The van der Waals surface area contributed by atoms with Crippen LogP contribution in [0, 0.1) is 22.7 Å². The number of nitriles is 2. The Labute approximate surface area is 119 Å². The second kappa shape index (κ2) is 5.99. The molecule has 0 atom stereocenters. The van der Waals surface area contributed by atoms with Crippen LogP contribution in [0.4, 0.5) is 5.69 Å². The number of aromatic nitrogens is 1. The van der Waals surface area contributed by atoms with E-state index < -0.39 is 0 Å². The zero-order valence-corrected chi connectivity index (χ0v) is 11.5. The summed E-state index contributed by atoms with van der Waals surface area (Å²) in [4.78, 5) is 3.92. The van der Waals surface area contributed by atoms with Crippen LogP contribution < -0.4 is 5.32 Å². The van der Waals surface area contributed by atoms with Crippen molar-refractivity contribution < 1.29 is 0 Å². The quantitative estimate of drug-likeness (QED) is 0.944. The maximum Gasteiger partial charge on any atom is 0.140 e. The lowest BCUT2D eigenvalue weighted by Gasteiger charge is -2.08. The van der Waals surface area contributed by atoms with Gasteiger partial charge in [0.25, 0.3) is 0 Å². The van der Waals surface area contributed by atoms with E-state index in [9.17, 15) is 0 Å². The lowest BCUT2D eigenvalue weighted by Crippen LogP contribution is -2.01. The molecule has 1 heterocycles. The third-order valence-electron chi connectivity index (χ3n) is 2.52. The molecule has 0 amide bonds. The third-order valence-corrected chi connectivity index (χ3v) is 3.18.